The molecule has 1 aromatic rings. The van der Waals surface area contributed by atoms with Crippen molar-refractivity contribution in [2.24, 2.45) is 0 Å². The molecule has 2 rings (SSSR count). The van der Waals surface area contributed by atoms with Crippen molar-refractivity contribution in [2.45, 2.75) is 12.5 Å². The van der Waals surface area contributed by atoms with Gasteiger partial charge in [-0.15, -0.1) is 0 Å². The van der Waals surface area contributed by atoms with Gasteiger partial charge in [0.05, 0.1) is 0 Å². The summed E-state index contributed by atoms with van der Waals surface area (Å²) in [5.74, 6) is 0. The average molecular weight is 211 g/mol. The third-order valence-corrected chi connectivity index (χ3v) is 2.77. The summed E-state index contributed by atoms with van der Waals surface area (Å²) in [7, 11) is 0. The molecule has 76 valence electrons. The Morgan fingerprint density at radius 3 is 2.64 bits per heavy atom. The number of benzene rings is 1. The molecule has 1 fully saturated rings. The van der Waals surface area contributed by atoms with Gasteiger partial charge < -0.3 is 10.6 Å². The second-order valence-corrected chi connectivity index (χ2v) is 4.12. The minimum atomic E-state index is 0.560. The predicted octanol–water partition coefficient (Wildman–Crippen LogP) is 1.44. The number of rotatable bonds is 2. The number of halogens is 1. The smallest absolute Gasteiger partial charge is 0.0406 e. The molecule has 1 saturated heterocycles. The van der Waals surface area contributed by atoms with Gasteiger partial charge in [0.15, 0.2) is 0 Å². The number of hydrogen-bond donors (Lipinski definition) is 2. The summed E-state index contributed by atoms with van der Waals surface area (Å²) in [6, 6.07) is 8.65. The topological polar surface area (TPSA) is 24.1 Å². The van der Waals surface area contributed by atoms with E-state index in [9.17, 15) is 0 Å². The molecule has 0 radical (unpaired) electrons. The normalized spacial score (nSPS) is 22.2. The minimum absolute atomic E-state index is 0.560. The summed E-state index contributed by atoms with van der Waals surface area (Å²) in [5.41, 5.74) is 1.34. The minimum Gasteiger partial charge on any atom is -0.314 e. The molecule has 0 aromatic heterocycles. The van der Waals surface area contributed by atoms with Crippen LogP contribution in [0.5, 0.6) is 0 Å². The van der Waals surface area contributed by atoms with Gasteiger partial charge in [-0.2, -0.15) is 0 Å². The Balaban J connectivity index is 1.92. The van der Waals surface area contributed by atoms with Crippen LogP contribution in [0, 0.1) is 0 Å². The van der Waals surface area contributed by atoms with Crippen LogP contribution in [0.15, 0.2) is 24.3 Å². The first kappa shape index (κ1) is 9.97. The Morgan fingerprint density at radius 2 is 2.00 bits per heavy atom. The van der Waals surface area contributed by atoms with Gasteiger partial charge >= 0.3 is 0 Å². The van der Waals surface area contributed by atoms with Crippen LogP contribution in [-0.2, 0) is 6.42 Å². The van der Waals surface area contributed by atoms with Crippen LogP contribution < -0.4 is 10.6 Å². The molecule has 2 N–H and O–H groups in total. The van der Waals surface area contributed by atoms with Gasteiger partial charge in [-0.3, -0.25) is 0 Å². The zero-order chi connectivity index (χ0) is 9.80. The molecule has 0 bridgehead atoms. The summed E-state index contributed by atoms with van der Waals surface area (Å²) in [6.07, 6.45) is 1.07. The van der Waals surface area contributed by atoms with E-state index >= 15 is 0 Å². The molecule has 1 heterocycles. The maximum Gasteiger partial charge on any atom is 0.0406 e. The van der Waals surface area contributed by atoms with Gasteiger partial charge in [0, 0.05) is 30.7 Å². The molecular formula is C11H15ClN2. The predicted molar refractivity (Wildman–Crippen MR) is 59.8 cm³/mol. The quantitative estimate of drug-likeness (QED) is 0.772. The lowest BCUT2D eigenvalue weighted by atomic mass is 10.1. The molecule has 14 heavy (non-hydrogen) atoms. The second kappa shape index (κ2) is 4.78. The van der Waals surface area contributed by atoms with Crippen molar-refractivity contribution in [3.8, 4) is 0 Å². The SMILES string of the molecule is Clc1ccc(C[C@H]2CNCCN2)cc1. The van der Waals surface area contributed by atoms with Gasteiger partial charge in [0.1, 0.15) is 0 Å². The zero-order valence-corrected chi connectivity index (χ0v) is 8.85. The van der Waals surface area contributed by atoms with E-state index in [2.05, 4.69) is 22.8 Å². The molecule has 0 amide bonds. The highest BCUT2D eigenvalue weighted by Crippen LogP contribution is 2.11. The van der Waals surface area contributed by atoms with E-state index in [-0.39, 0.29) is 0 Å². The van der Waals surface area contributed by atoms with Gasteiger partial charge in [-0.05, 0) is 24.1 Å². The fraction of sp³-hybridized carbons (Fsp3) is 0.455. The summed E-state index contributed by atoms with van der Waals surface area (Å²) in [4.78, 5) is 0. The van der Waals surface area contributed by atoms with E-state index in [1.54, 1.807) is 0 Å². The highest BCUT2D eigenvalue weighted by atomic mass is 35.5. The van der Waals surface area contributed by atoms with E-state index < -0.39 is 0 Å². The number of nitrogens with one attached hydrogen (secondary N) is 2. The van der Waals surface area contributed by atoms with Gasteiger partial charge in [0.2, 0.25) is 0 Å². The zero-order valence-electron chi connectivity index (χ0n) is 8.09. The highest BCUT2D eigenvalue weighted by Gasteiger charge is 2.11. The standard InChI is InChI=1S/C11H15ClN2/c12-10-3-1-9(2-4-10)7-11-8-13-5-6-14-11/h1-4,11,13-14H,5-8H2/t11-/m0/s1. The highest BCUT2D eigenvalue weighted by molar-refractivity contribution is 6.30. The maximum absolute atomic E-state index is 5.83. The van der Waals surface area contributed by atoms with Crippen LogP contribution in [0.2, 0.25) is 5.02 Å². The second-order valence-electron chi connectivity index (χ2n) is 3.69. The molecule has 1 aromatic carbocycles. The van der Waals surface area contributed by atoms with Crippen LogP contribution >= 0.6 is 11.6 Å². The molecule has 0 saturated carbocycles. The summed E-state index contributed by atoms with van der Waals surface area (Å²) in [5, 5.41) is 7.67. The summed E-state index contributed by atoms with van der Waals surface area (Å²) in [6.45, 7) is 3.21. The van der Waals surface area contributed by atoms with Gasteiger partial charge in [-0.1, -0.05) is 23.7 Å². The van der Waals surface area contributed by atoms with Crippen LogP contribution in [0.1, 0.15) is 5.56 Å². The average Bonchev–Trinajstić information content (AvgIpc) is 2.23. The summed E-state index contributed by atoms with van der Waals surface area (Å²) < 4.78 is 0. The molecular weight excluding hydrogens is 196 g/mol. The molecule has 0 unspecified atom stereocenters. The monoisotopic (exact) mass is 210 g/mol. The van der Waals surface area contributed by atoms with Crippen LogP contribution in [0.25, 0.3) is 0 Å². The maximum atomic E-state index is 5.83. The van der Waals surface area contributed by atoms with Crippen LogP contribution in [0.3, 0.4) is 0 Å². The summed E-state index contributed by atoms with van der Waals surface area (Å²) >= 11 is 5.83. The fourth-order valence-electron chi connectivity index (χ4n) is 1.76. The van der Waals surface area contributed by atoms with E-state index in [0.717, 1.165) is 31.1 Å². The van der Waals surface area contributed by atoms with E-state index in [1.165, 1.54) is 5.56 Å². The number of hydrogen-bond acceptors (Lipinski definition) is 2. The van der Waals surface area contributed by atoms with Crippen molar-refractivity contribution in [3.63, 3.8) is 0 Å². The molecule has 3 heteroatoms. The largest absolute Gasteiger partial charge is 0.314 e. The van der Waals surface area contributed by atoms with Gasteiger partial charge in [-0.25, -0.2) is 0 Å². The molecule has 2 nitrogen and oxygen atoms in total. The molecule has 0 spiro atoms. The Hall–Kier alpha value is -0.570. The Kier molecular flexibility index (Phi) is 3.40. The Labute approximate surface area is 89.7 Å². The molecule has 1 atom stereocenters. The lowest BCUT2D eigenvalue weighted by Crippen LogP contribution is -2.49. The Morgan fingerprint density at radius 1 is 1.21 bits per heavy atom. The fourth-order valence-corrected chi connectivity index (χ4v) is 1.89. The van der Waals surface area contributed by atoms with Gasteiger partial charge in [0.25, 0.3) is 0 Å². The van der Waals surface area contributed by atoms with Crippen molar-refractivity contribution in [2.75, 3.05) is 19.6 Å². The van der Waals surface area contributed by atoms with Crippen molar-refractivity contribution in [1.29, 1.82) is 0 Å². The first-order valence-electron chi connectivity index (χ1n) is 5.03. The van der Waals surface area contributed by atoms with Crippen molar-refractivity contribution in [1.82, 2.24) is 10.6 Å². The third kappa shape index (κ3) is 2.71. The van der Waals surface area contributed by atoms with Crippen molar-refractivity contribution in [3.05, 3.63) is 34.9 Å². The lowest BCUT2D eigenvalue weighted by molar-refractivity contribution is 0.416. The molecule has 1 aliphatic rings. The van der Waals surface area contributed by atoms with E-state index in [0.29, 0.717) is 6.04 Å². The lowest BCUT2D eigenvalue weighted by Gasteiger charge is -2.24. The van der Waals surface area contributed by atoms with Crippen molar-refractivity contribution >= 4 is 11.6 Å². The third-order valence-electron chi connectivity index (χ3n) is 2.52. The first-order valence-corrected chi connectivity index (χ1v) is 5.41. The van der Waals surface area contributed by atoms with E-state index in [4.69, 9.17) is 11.6 Å². The van der Waals surface area contributed by atoms with Crippen LogP contribution in [-0.4, -0.2) is 25.7 Å². The molecule has 1 aliphatic heterocycles. The van der Waals surface area contributed by atoms with Crippen molar-refractivity contribution < 1.29 is 0 Å². The first-order chi connectivity index (χ1) is 6.84. The molecule has 0 aliphatic carbocycles. The Bertz CT molecular complexity index is 278. The van der Waals surface area contributed by atoms with Crippen LogP contribution in [0.4, 0.5) is 0 Å². The van der Waals surface area contributed by atoms with E-state index in [1.807, 2.05) is 12.1 Å². The number of piperazine rings is 1.